The molecule has 1 aromatic rings. The number of aliphatic imine (C=N–C) groups is 1. The van der Waals surface area contributed by atoms with Gasteiger partial charge in [0.25, 0.3) is 0 Å². The van der Waals surface area contributed by atoms with Crippen LogP contribution in [-0.2, 0) is 6.54 Å². The van der Waals surface area contributed by atoms with E-state index in [-0.39, 0.29) is 5.54 Å². The van der Waals surface area contributed by atoms with Crippen LogP contribution in [0, 0.1) is 20.8 Å². The fourth-order valence-corrected chi connectivity index (χ4v) is 2.05. The Kier molecular flexibility index (Phi) is 4.38. The van der Waals surface area contributed by atoms with Crippen LogP contribution in [0.2, 0.25) is 0 Å². The number of benzene rings is 1. The number of hydrogen-bond acceptors (Lipinski definition) is 1. The van der Waals surface area contributed by atoms with Crippen LogP contribution in [0.3, 0.4) is 0 Å². The van der Waals surface area contributed by atoms with Gasteiger partial charge in [0.1, 0.15) is 0 Å². The zero-order chi connectivity index (χ0) is 13.9. The maximum Gasteiger partial charge on any atom is 0.189 e. The molecule has 3 nitrogen and oxygen atoms in total. The first-order valence-electron chi connectivity index (χ1n) is 6.34. The number of nitrogens with one attached hydrogen (secondary N) is 1. The molecule has 1 rings (SSSR count). The lowest BCUT2D eigenvalue weighted by Gasteiger charge is -2.21. The molecule has 0 aliphatic rings. The van der Waals surface area contributed by atoms with Gasteiger partial charge in [0, 0.05) is 5.54 Å². The van der Waals surface area contributed by atoms with E-state index in [0.717, 1.165) is 0 Å². The van der Waals surface area contributed by atoms with Crippen LogP contribution >= 0.6 is 0 Å². The molecule has 0 aromatic heterocycles. The van der Waals surface area contributed by atoms with Gasteiger partial charge in [-0.2, -0.15) is 0 Å². The largest absolute Gasteiger partial charge is 0.370 e. The highest BCUT2D eigenvalue weighted by molar-refractivity contribution is 5.78. The zero-order valence-electron chi connectivity index (χ0n) is 12.4. The second-order valence-electron chi connectivity index (χ2n) is 5.95. The van der Waals surface area contributed by atoms with Crippen molar-refractivity contribution < 1.29 is 0 Å². The van der Waals surface area contributed by atoms with Crippen molar-refractivity contribution in [3.05, 3.63) is 34.4 Å². The summed E-state index contributed by atoms with van der Waals surface area (Å²) < 4.78 is 0. The molecule has 0 atom stereocenters. The van der Waals surface area contributed by atoms with Gasteiger partial charge in [-0.15, -0.1) is 0 Å². The van der Waals surface area contributed by atoms with E-state index in [1.807, 2.05) is 0 Å². The number of nitrogens with two attached hydrogens (primary N) is 1. The van der Waals surface area contributed by atoms with E-state index in [2.05, 4.69) is 64.0 Å². The second-order valence-corrected chi connectivity index (χ2v) is 5.95. The highest BCUT2D eigenvalue weighted by Gasteiger charge is 2.10. The van der Waals surface area contributed by atoms with Gasteiger partial charge < -0.3 is 11.1 Å². The summed E-state index contributed by atoms with van der Waals surface area (Å²) in [4.78, 5) is 4.41. The summed E-state index contributed by atoms with van der Waals surface area (Å²) in [6.45, 7) is 13.2. The minimum absolute atomic E-state index is 0.0506. The Bertz CT molecular complexity index is 430. The Morgan fingerprint density at radius 1 is 1.17 bits per heavy atom. The third kappa shape index (κ3) is 4.40. The number of hydrogen-bond donors (Lipinski definition) is 2. The first-order valence-corrected chi connectivity index (χ1v) is 6.34. The fourth-order valence-electron chi connectivity index (χ4n) is 2.05. The minimum atomic E-state index is -0.0506. The van der Waals surface area contributed by atoms with E-state index < -0.39 is 0 Å². The third-order valence-electron chi connectivity index (χ3n) is 2.75. The summed E-state index contributed by atoms with van der Waals surface area (Å²) in [6, 6.07) is 4.37. The highest BCUT2D eigenvalue weighted by Crippen LogP contribution is 2.17. The fraction of sp³-hybridized carbons (Fsp3) is 0.533. The number of rotatable bonds is 2. The standard InChI is InChI=1S/C15H25N3/c1-10-7-11(2)13(12(3)8-10)9-17-14(16)18-15(4,5)6/h7-8H,9H2,1-6H3,(H3,16,17,18). The van der Waals surface area contributed by atoms with Crippen LogP contribution in [0.5, 0.6) is 0 Å². The molecule has 1 aromatic carbocycles. The Morgan fingerprint density at radius 3 is 2.11 bits per heavy atom. The van der Waals surface area contributed by atoms with E-state index in [1.54, 1.807) is 0 Å². The van der Waals surface area contributed by atoms with Crippen molar-refractivity contribution in [1.29, 1.82) is 0 Å². The summed E-state index contributed by atoms with van der Waals surface area (Å²) in [7, 11) is 0. The van der Waals surface area contributed by atoms with E-state index in [0.29, 0.717) is 12.5 Å². The highest BCUT2D eigenvalue weighted by atomic mass is 15.1. The van der Waals surface area contributed by atoms with Crippen LogP contribution < -0.4 is 11.1 Å². The molecule has 0 unspecified atom stereocenters. The van der Waals surface area contributed by atoms with Gasteiger partial charge in [-0.05, 0) is 58.2 Å². The van der Waals surface area contributed by atoms with Crippen LogP contribution in [-0.4, -0.2) is 11.5 Å². The van der Waals surface area contributed by atoms with E-state index >= 15 is 0 Å². The second kappa shape index (κ2) is 5.42. The van der Waals surface area contributed by atoms with Crippen molar-refractivity contribution in [2.24, 2.45) is 10.7 Å². The Labute approximate surface area is 111 Å². The lowest BCUT2D eigenvalue weighted by atomic mass is 10.00. The van der Waals surface area contributed by atoms with Crippen LogP contribution in [0.4, 0.5) is 0 Å². The molecule has 0 radical (unpaired) electrons. The number of aryl methyl sites for hydroxylation is 3. The van der Waals surface area contributed by atoms with E-state index in [9.17, 15) is 0 Å². The molecule has 0 heterocycles. The molecular weight excluding hydrogens is 222 g/mol. The van der Waals surface area contributed by atoms with Gasteiger partial charge in [-0.3, -0.25) is 0 Å². The summed E-state index contributed by atoms with van der Waals surface area (Å²) in [6.07, 6.45) is 0. The maximum absolute atomic E-state index is 5.88. The lowest BCUT2D eigenvalue weighted by molar-refractivity contribution is 0.508. The summed E-state index contributed by atoms with van der Waals surface area (Å²) >= 11 is 0. The minimum Gasteiger partial charge on any atom is -0.370 e. The molecule has 100 valence electrons. The van der Waals surface area contributed by atoms with Crippen LogP contribution in [0.25, 0.3) is 0 Å². The molecule has 0 fully saturated rings. The Hall–Kier alpha value is -1.51. The van der Waals surface area contributed by atoms with Gasteiger partial charge in [-0.25, -0.2) is 4.99 Å². The smallest absolute Gasteiger partial charge is 0.189 e. The first-order chi connectivity index (χ1) is 8.19. The van der Waals surface area contributed by atoms with Crippen LogP contribution in [0.15, 0.2) is 17.1 Å². The normalized spacial score (nSPS) is 12.7. The molecule has 0 aliphatic heterocycles. The topological polar surface area (TPSA) is 50.4 Å². The van der Waals surface area contributed by atoms with Gasteiger partial charge in [0.05, 0.1) is 6.54 Å². The van der Waals surface area contributed by atoms with E-state index in [4.69, 9.17) is 5.73 Å². The molecule has 0 saturated heterocycles. The number of nitrogens with zero attached hydrogens (tertiary/aromatic N) is 1. The average molecular weight is 247 g/mol. The predicted octanol–water partition coefficient (Wildman–Crippen LogP) is 2.81. The average Bonchev–Trinajstić information content (AvgIpc) is 2.12. The van der Waals surface area contributed by atoms with Crippen molar-refractivity contribution in [1.82, 2.24) is 5.32 Å². The van der Waals surface area contributed by atoms with Gasteiger partial charge in [0.15, 0.2) is 5.96 Å². The molecule has 3 heteroatoms. The summed E-state index contributed by atoms with van der Waals surface area (Å²) in [5, 5.41) is 3.17. The molecule has 0 aliphatic carbocycles. The Balaban J connectivity index is 2.83. The molecule has 0 saturated carbocycles. The molecular formula is C15H25N3. The van der Waals surface area contributed by atoms with Crippen molar-refractivity contribution in [3.63, 3.8) is 0 Å². The van der Waals surface area contributed by atoms with Crippen molar-refractivity contribution in [2.75, 3.05) is 0 Å². The zero-order valence-corrected chi connectivity index (χ0v) is 12.4. The SMILES string of the molecule is Cc1cc(C)c(CN=C(N)NC(C)(C)C)c(C)c1. The monoisotopic (exact) mass is 247 g/mol. The van der Waals surface area contributed by atoms with Gasteiger partial charge in [0.2, 0.25) is 0 Å². The van der Waals surface area contributed by atoms with Crippen LogP contribution in [0.1, 0.15) is 43.0 Å². The summed E-state index contributed by atoms with van der Waals surface area (Å²) in [5.74, 6) is 0.502. The molecule has 3 N–H and O–H groups in total. The first kappa shape index (κ1) is 14.6. The summed E-state index contributed by atoms with van der Waals surface area (Å²) in [5.41, 5.74) is 10.9. The van der Waals surface area contributed by atoms with Gasteiger partial charge in [-0.1, -0.05) is 17.7 Å². The van der Waals surface area contributed by atoms with Gasteiger partial charge >= 0.3 is 0 Å². The lowest BCUT2D eigenvalue weighted by Crippen LogP contribution is -2.45. The number of guanidine groups is 1. The maximum atomic E-state index is 5.88. The molecule has 18 heavy (non-hydrogen) atoms. The third-order valence-corrected chi connectivity index (χ3v) is 2.75. The Morgan fingerprint density at radius 2 is 1.67 bits per heavy atom. The van der Waals surface area contributed by atoms with Crippen molar-refractivity contribution >= 4 is 5.96 Å². The quantitative estimate of drug-likeness (QED) is 0.623. The van der Waals surface area contributed by atoms with Crippen molar-refractivity contribution in [2.45, 2.75) is 53.6 Å². The van der Waals surface area contributed by atoms with E-state index in [1.165, 1.54) is 22.3 Å². The predicted molar refractivity (Wildman–Crippen MR) is 78.9 cm³/mol. The molecule has 0 amide bonds. The molecule has 0 bridgehead atoms. The molecule has 0 spiro atoms. The van der Waals surface area contributed by atoms with Crippen molar-refractivity contribution in [3.8, 4) is 0 Å².